The number of hydrazone groups is 1. The van der Waals surface area contributed by atoms with Crippen LogP contribution in [0.25, 0.3) is 21.4 Å². The molecule has 160 valence electrons. The van der Waals surface area contributed by atoms with Crippen molar-refractivity contribution in [1.82, 2.24) is 5.43 Å². The van der Waals surface area contributed by atoms with Gasteiger partial charge in [0, 0.05) is 39.4 Å². The number of rotatable bonds is 6. The summed E-state index contributed by atoms with van der Waals surface area (Å²) in [5.74, 6) is 0.300. The molecule has 0 fully saturated rings. The fourth-order valence-corrected chi connectivity index (χ4v) is 3.94. The van der Waals surface area contributed by atoms with Crippen molar-refractivity contribution < 1.29 is 19.1 Å². The first-order valence-corrected chi connectivity index (χ1v) is 10.00. The Hall–Kier alpha value is -4.38. The zero-order valence-corrected chi connectivity index (χ0v) is 17.3. The van der Waals surface area contributed by atoms with Gasteiger partial charge in [-0.25, -0.2) is 5.43 Å². The number of nitrogens with zero attached hydrogens (tertiary/aromatic N) is 3. The third-order valence-corrected chi connectivity index (χ3v) is 5.72. The number of furan rings is 1. The van der Waals surface area contributed by atoms with E-state index in [9.17, 15) is 25.0 Å². The SMILES string of the molecule is Cc1ccc(-c2ccc(C=NNC(=O)c3cc4cc([N+](=O)[O-])ccc4s3)o2)cc1[N+](=O)[O-]. The molecule has 4 aromatic rings. The van der Waals surface area contributed by atoms with Gasteiger partial charge >= 0.3 is 0 Å². The average molecular weight is 450 g/mol. The minimum absolute atomic E-state index is 0.00459. The molecule has 1 amide bonds. The molecule has 0 saturated heterocycles. The number of thiophene rings is 1. The Balaban J connectivity index is 1.46. The Bertz CT molecular complexity index is 1400. The Morgan fingerprint density at radius 1 is 1.06 bits per heavy atom. The highest BCUT2D eigenvalue weighted by atomic mass is 32.1. The van der Waals surface area contributed by atoms with Crippen molar-refractivity contribution in [3.05, 3.63) is 91.0 Å². The van der Waals surface area contributed by atoms with Crippen molar-refractivity contribution in [3.63, 3.8) is 0 Å². The highest BCUT2D eigenvalue weighted by Crippen LogP contribution is 2.29. The first-order chi connectivity index (χ1) is 15.3. The average Bonchev–Trinajstić information content (AvgIpc) is 3.40. The van der Waals surface area contributed by atoms with Crippen LogP contribution in [0.4, 0.5) is 11.4 Å². The van der Waals surface area contributed by atoms with Gasteiger partial charge in [-0.05, 0) is 31.2 Å². The largest absolute Gasteiger partial charge is 0.455 e. The lowest BCUT2D eigenvalue weighted by molar-refractivity contribution is -0.385. The zero-order valence-electron chi connectivity index (χ0n) is 16.5. The van der Waals surface area contributed by atoms with Gasteiger partial charge in [0.2, 0.25) is 0 Å². The third-order valence-electron chi connectivity index (χ3n) is 4.61. The van der Waals surface area contributed by atoms with E-state index in [1.807, 2.05) is 0 Å². The van der Waals surface area contributed by atoms with Crippen LogP contribution in [0.5, 0.6) is 0 Å². The van der Waals surface area contributed by atoms with E-state index in [4.69, 9.17) is 4.42 Å². The summed E-state index contributed by atoms with van der Waals surface area (Å²) < 4.78 is 6.37. The standard InChI is InChI=1S/C21H14N4O6S/c1-12-2-3-13(9-17(12)25(29)30)18-6-5-16(31-18)11-22-23-21(26)20-10-14-8-15(24(27)28)4-7-19(14)32-20/h2-11H,1H3,(H,23,26). The van der Waals surface area contributed by atoms with Crippen molar-refractivity contribution in [1.29, 1.82) is 0 Å². The molecule has 2 aromatic carbocycles. The highest BCUT2D eigenvalue weighted by Gasteiger charge is 2.15. The van der Waals surface area contributed by atoms with Crippen LogP contribution in [0.15, 0.2) is 64.1 Å². The maximum Gasteiger partial charge on any atom is 0.281 e. The maximum atomic E-state index is 12.3. The molecular weight excluding hydrogens is 436 g/mol. The van der Waals surface area contributed by atoms with E-state index in [1.54, 1.807) is 43.3 Å². The molecule has 0 spiro atoms. The molecule has 0 aliphatic rings. The summed E-state index contributed by atoms with van der Waals surface area (Å²) in [5, 5.41) is 26.5. The summed E-state index contributed by atoms with van der Waals surface area (Å²) in [4.78, 5) is 33.8. The van der Waals surface area contributed by atoms with Crippen molar-refractivity contribution in [2.45, 2.75) is 6.92 Å². The maximum absolute atomic E-state index is 12.3. The second-order valence-corrected chi connectivity index (χ2v) is 7.83. The van der Waals surface area contributed by atoms with Crippen LogP contribution in [0.1, 0.15) is 21.0 Å². The quantitative estimate of drug-likeness (QED) is 0.247. The van der Waals surface area contributed by atoms with Crippen molar-refractivity contribution in [3.8, 4) is 11.3 Å². The molecule has 0 aliphatic heterocycles. The van der Waals surface area contributed by atoms with Crippen LogP contribution in [0, 0.1) is 27.2 Å². The lowest BCUT2D eigenvalue weighted by Gasteiger charge is -2.00. The highest BCUT2D eigenvalue weighted by molar-refractivity contribution is 7.20. The number of amides is 1. The number of nitro groups is 2. The molecule has 1 N–H and O–H groups in total. The summed E-state index contributed by atoms with van der Waals surface area (Å²) in [6, 6.07) is 14.0. The number of benzene rings is 2. The molecule has 10 nitrogen and oxygen atoms in total. The third kappa shape index (κ3) is 4.23. The van der Waals surface area contributed by atoms with E-state index in [0.29, 0.717) is 32.9 Å². The van der Waals surface area contributed by atoms with Gasteiger partial charge in [-0.1, -0.05) is 12.1 Å². The molecule has 32 heavy (non-hydrogen) atoms. The van der Waals surface area contributed by atoms with Crippen molar-refractivity contribution in [2.75, 3.05) is 0 Å². The van der Waals surface area contributed by atoms with Gasteiger partial charge in [-0.2, -0.15) is 5.10 Å². The van der Waals surface area contributed by atoms with E-state index in [2.05, 4.69) is 10.5 Å². The molecular formula is C21H14N4O6S. The second kappa shape index (κ2) is 8.40. The van der Waals surface area contributed by atoms with Crippen molar-refractivity contribution in [2.24, 2.45) is 5.10 Å². The molecule has 0 aliphatic carbocycles. The summed E-state index contributed by atoms with van der Waals surface area (Å²) in [6.45, 7) is 1.66. The van der Waals surface area contributed by atoms with Gasteiger partial charge in [0.25, 0.3) is 17.3 Å². The number of nitro benzene ring substituents is 2. The molecule has 2 aromatic heterocycles. The second-order valence-electron chi connectivity index (χ2n) is 6.75. The number of carbonyl (C=O) groups is 1. The zero-order chi connectivity index (χ0) is 22.8. The van der Waals surface area contributed by atoms with Gasteiger partial charge in [0.15, 0.2) is 0 Å². The summed E-state index contributed by atoms with van der Waals surface area (Å²) in [6.07, 6.45) is 1.31. The summed E-state index contributed by atoms with van der Waals surface area (Å²) in [7, 11) is 0. The predicted molar refractivity (Wildman–Crippen MR) is 119 cm³/mol. The molecule has 0 saturated carbocycles. The summed E-state index contributed by atoms with van der Waals surface area (Å²) >= 11 is 1.19. The molecule has 0 unspecified atom stereocenters. The Kier molecular flexibility index (Phi) is 5.48. The number of hydrogen-bond acceptors (Lipinski definition) is 8. The smallest absolute Gasteiger partial charge is 0.281 e. The molecule has 4 rings (SSSR count). The minimum atomic E-state index is -0.492. The van der Waals surface area contributed by atoms with Gasteiger partial charge in [-0.3, -0.25) is 25.0 Å². The number of hydrogen-bond donors (Lipinski definition) is 1. The first-order valence-electron chi connectivity index (χ1n) is 9.18. The van der Waals surface area contributed by atoms with Crippen LogP contribution in [-0.2, 0) is 0 Å². The molecule has 2 heterocycles. The van der Waals surface area contributed by atoms with Crippen LogP contribution < -0.4 is 5.43 Å². The fraction of sp³-hybridized carbons (Fsp3) is 0.0476. The van der Waals surface area contributed by atoms with E-state index in [0.717, 1.165) is 4.70 Å². The Morgan fingerprint density at radius 3 is 2.62 bits per heavy atom. The number of non-ortho nitro benzene ring substituents is 1. The molecule has 0 atom stereocenters. The normalized spacial score (nSPS) is 11.2. The number of aryl methyl sites for hydroxylation is 1. The minimum Gasteiger partial charge on any atom is -0.455 e. The van der Waals surface area contributed by atoms with Crippen LogP contribution >= 0.6 is 11.3 Å². The Morgan fingerprint density at radius 2 is 1.88 bits per heavy atom. The predicted octanol–water partition coefficient (Wildman–Crippen LogP) is 5.05. The monoisotopic (exact) mass is 450 g/mol. The van der Waals surface area contributed by atoms with Gasteiger partial charge < -0.3 is 4.42 Å². The van der Waals surface area contributed by atoms with E-state index >= 15 is 0 Å². The first kappa shape index (κ1) is 20.9. The van der Waals surface area contributed by atoms with E-state index in [-0.39, 0.29) is 11.4 Å². The lowest BCUT2D eigenvalue weighted by atomic mass is 10.1. The number of fused-ring (bicyclic) bond motifs is 1. The molecule has 0 bridgehead atoms. The fourth-order valence-electron chi connectivity index (χ4n) is 3.00. The van der Waals surface area contributed by atoms with Gasteiger partial charge in [0.1, 0.15) is 11.5 Å². The van der Waals surface area contributed by atoms with E-state index in [1.165, 1.54) is 35.8 Å². The molecule has 0 radical (unpaired) electrons. The summed E-state index contributed by atoms with van der Waals surface area (Å²) in [5.41, 5.74) is 3.42. The topological polar surface area (TPSA) is 141 Å². The van der Waals surface area contributed by atoms with Crippen LogP contribution in [0.3, 0.4) is 0 Å². The van der Waals surface area contributed by atoms with Crippen LogP contribution in [-0.4, -0.2) is 22.0 Å². The van der Waals surface area contributed by atoms with Gasteiger partial charge in [-0.15, -0.1) is 11.3 Å². The number of nitrogens with one attached hydrogen (secondary N) is 1. The molecule has 11 heteroatoms. The van der Waals surface area contributed by atoms with Crippen molar-refractivity contribution >= 4 is 44.9 Å². The lowest BCUT2D eigenvalue weighted by Crippen LogP contribution is -2.15. The number of carbonyl (C=O) groups excluding carboxylic acids is 1. The van der Waals surface area contributed by atoms with E-state index < -0.39 is 15.8 Å². The Labute approximate surface area is 184 Å². The van der Waals surface area contributed by atoms with Gasteiger partial charge in [0.05, 0.1) is 20.9 Å². The van der Waals surface area contributed by atoms with Crippen LogP contribution in [0.2, 0.25) is 0 Å².